The molecule has 0 spiro atoms. The van der Waals surface area contributed by atoms with Crippen molar-refractivity contribution in [2.45, 2.75) is 38.3 Å². The number of hydrogen-bond donors (Lipinski definition) is 3. The van der Waals surface area contributed by atoms with E-state index < -0.39 is 22.3 Å². The van der Waals surface area contributed by atoms with Crippen LogP contribution in [0, 0.1) is 5.82 Å². The third kappa shape index (κ3) is 3.34. The number of H-pyrrole nitrogens is 1. The zero-order valence-corrected chi connectivity index (χ0v) is 18.3. The summed E-state index contributed by atoms with van der Waals surface area (Å²) in [5.74, 6) is -0.882. The van der Waals surface area contributed by atoms with Crippen molar-refractivity contribution < 1.29 is 9.18 Å². The smallest absolute Gasteiger partial charge is 0.271 e. The number of fused-ring (bicyclic) bond motifs is 2. The molecule has 0 saturated heterocycles. The van der Waals surface area contributed by atoms with Gasteiger partial charge >= 0.3 is 0 Å². The van der Waals surface area contributed by atoms with E-state index in [1.54, 1.807) is 44.2 Å². The maximum absolute atomic E-state index is 15.1. The molecule has 4 N–H and O–H groups in total. The summed E-state index contributed by atoms with van der Waals surface area (Å²) in [4.78, 5) is 37.8. The van der Waals surface area contributed by atoms with Gasteiger partial charge in [-0.15, -0.1) is 0 Å². The fourth-order valence-electron chi connectivity index (χ4n) is 3.79. The summed E-state index contributed by atoms with van der Waals surface area (Å²) in [5, 5.41) is 3.02. The number of hydrogen-bond acceptors (Lipinski definition) is 5. The van der Waals surface area contributed by atoms with Crippen LogP contribution in [0.2, 0.25) is 0 Å². The summed E-state index contributed by atoms with van der Waals surface area (Å²) in [6.07, 6.45) is 1.88. The van der Waals surface area contributed by atoms with E-state index in [1.165, 1.54) is 6.07 Å². The number of halogens is 1. The first kappa shape index (κ1) is 20.6. The second kappa shape index (κ2) is 7.11. The number of aromatic nitrogens is 2. The van der Waals surface area contributed by atoms with Crippen molar-refractivity contribution in [3.8, 4) is 11.1 Å². The van der Waals surface area contributed by atoms with Crippen molar-refractivity contribution in [2.75, 3.05) is 5.32 Å². The van der Waals surface area contributed by atoms with Crippen LogP contribution < -0.4 is 22.0 Å². The Morgan fingerprint density at radius 3 is 2.53 bits per heavy atom. The van der Waals surface area contributed by atoms with Crippen LogP contribution in [0.5, 0.6) is 0 Å². The van der Waals surface area contributed by atoms with Gasteiger partial charge in [-0.05, 0) is 68.1 Å². The van der Waals surface area contributed by atoms with Crippen LogP contribution in [-0.2, 0) is 4.79 Å². The van der Waals surface area contributed by atoms with E-state index in [4.69, 9.17) is 5.73 Å². The highest BCUT2D eigenvalue weighted by Gasteiger charge is 2.29. The van der Waals surface area contributed by atoms with Gasteiger partial charge in [0.2, 0.25) is 11.3 Å². The largest absolute Gasteiger partial charge is 0.328 e. The molecule has 9 heteroatoms. The average Bonchev–Trinajstić information content (AvgIpc) is 3.50. The molecule has 0 radical (unpaired) electrons. The molecule has 1 amide bonds. The molecule has 2 aromatic carbocycles. The molecule has 164 valence electrons. The third-order valence-electron chi connectivity index (χ3n) is 5.67. The van der Waals surface area contributed by atoms with E-state index in [0.717, 1.165) is 24.4 Å². The van der Waals surface area contributed by atoms with E-state index in [-0.39, 0.29) is 22.7 Å². The highest BCUT2D eigenvalue weighted by Crippen LogP contribution is 2.40. The van der Waals surface area contributed by atoms with Crippen molar-refractivity contribution in [1.82, 2.24) is 8.94 Å². The molecule has 2 heterocycles. The van der Waals surface area contributed by atoms with Crippen LogP contribution in [0.15, 0.2) is 46.0 Å². The quantitative estimate of drug-likeness (QED) is 0.438. The molecule has 0 unspecified atom stereocenters. The van der Waals surface area contributed by atoms with Crippen LogP contribution >= 0.6 is 11.5 Å². The summed E-state index contributed by atoms with van der Waals surface area (Å²) < 4.78 is 19.7. The molecule has 1 saturated carbocycles. The Kier molecular flexibility index (Phi) is 4.58. The lowest BCUT2D eigenvalue weighted by atomic mass is 10.0. The molecule has 1 fully saturated rings. The van der Waals surface area contributed by atoms with Gasteiger partial charge in [-0.1, -0.05) is 12.1 Å². The number of amides is 1. The zero-order chi connectivity index (χ0) is 22.8. The Morgan fingerprint density at radius 1 is 1.22 bits per heavy atom. The highest BCUT2D eigenvalue weighted by molar-refractivity contribution is 7.12. The zero-order valence-electron chi connectivity index (χ0n) is 17.5. The molecule has 4 aromatic rings. The number of carbonyl (C=O) groups excluding carboxylic acids is 1. The minimum atomic E-state index is -1.02. The number of aromatic amines is 1. The summed E-state index contributed by atoms with van der Waals surface area (Å²) in [7, 11) is 0. The SMILES string of the molecule is CC(C)(N)C(=O)Nc1ccc(-c2cc3c(cc2F)c(=O)c2c(=O)[nH]sc2n3C2CC2)cc1. The van der Waals surface area contributed by atoms with Crippen LogP contribution in [0.4, 0.5) is 10.1 Å². The predicted octanol–water partition coefficient (Wildman–Crippen LogP) is 3.72. The van der Waals surface area contributed by atoms with Crippen LogP contribution in [0.1, 0.15) is 32.7 Å². The topological polar surface area (TPSA) is 110 Å². The first-order valence-electron chi connectivity index (χ1n) is 10.2. The van der Waals surface area contributed by atoms with E-state index >= 15 is 4.39 Å². The molecular formula is C23H21FN4O3S. The predicted molar refractivity (Wildman–Crippen MR) is 125 cm³/mol. The monoisotopic (exact) mass is 452 g/mol. The number of nitrogens with one attached hydrogen (secondary N) is 2. The average molecular weight is 453 g/mol. The van der Waals surface area contributed by atoms with Crippen LogP contribution in [0.25, 0.3) is 32.2 Å². The number of anilines is 1. The van der Waals surface area contributed by atoms with Gasteiger partial charge in [-0.2, -0.15) is 0 Å². The van der Waals surface area contributed by atoms with Crippen molar-refractivity contribution in [3.05, 3.63) is 62.8 Å². The van der Waals surface area contributed by atoms with Crippen molar-refractivity contribution in [1.29, 1.82) is 0 Å². The number of carbonyl (C=O) groups is 1. The number of pyridine rings is 1. The van der Waals surface area contributed by atoms with Crippen LogP contribution in [0.3, 0.4) is 0 Å². The van der Waals surface area contributed by atoms with Crippen molar-refractivity contribution >= 4 is 44.2 Å². The Balaban J connectivity index is 1.64. The van der Waals surface area contributed by atoms with E-state index in [1.807, 2.05) is 4.57 Å². The van der Waals surface area contributed by atoms with Gasteiger partial charge in [-0.25, -0.2) is 4.39 Å². The fraction of sp³-hybridized carbons (Fsp3) is 0.261. The minimum Gasteiger partial charge on any atom is -0.328 e. The lowest BCUT2D eigenvalue weighted by Gasteiger charge is -2.18. The highest BCUT2D eigenvalue weighted by atomic mass is 32.1. The van der Waals surface area contributed by atoms with Crippen LogP contribution in [-0.4, -0.2) is 20.4 Å². The van der Waals surface area contributed by atoms with Gasteiger partial charge in [-0.3, -0.25) is 18.8 Å². The number of rotatable bonds is 4. The molecule has 0 atom stereocenters. The van der Waals surface area contributed by atoms with Gasteiger partial charge < -0.3 is 15.6 Å². The van der Waals surface area contributed by atoms with Gasteiger partial charge in [0.25, 0.3) is 5.56 Å². The second-order valence-corrected chi connectivity index (χ2v) is 9.54. The Bertz CT molecular complexity index is 1510. The van der Waals surface area contributed by atoms with Crippen molar-refractivity contribution in [2.24, 2.45) is 5.73 Å². The molecule has 0 bridgehead atoms. The number of benzene rings is 2. The molecule has 2 aromatic heterocycles. The molecule has 0 aliphatic heterocycles. The van der Waals surface area contributed by atoms with E-state index in [0.29, 0.717) is 27.2 Å². The maximum Gasteiger partial charge on any atom is 0.271 e. The molecule has 7 nitrogen and oxygen atoms in total. The minimum absolute atomic E-state index is 0.0875. The summed E-state index contributed by atoms with van der Waals surface area (Å²) in [5.41, 5.74) is 5.99. The summed E-state index contributed by atoms with van der Waals surface area (Å²) in [6.45, 7) is 3.22. The van der Waals surface area contributed by atoms with E-state index in [2.05, 4.69) is 9.69 Å². The number of nitrogens with two attached hydrogens (primary N) is 1. The number of nitrogens with zero attached hydrogens (tertiary/aromatic N) is 1. The first-order valence-corrected chi connectivity index (χ1v) is 11.1. The summed E-state index contributed by atoms with van der Waals surface area (Å²) >= 11 is 1.13. The normalized spacial score (nSPS) is 14.2. The molecule has 32 heavy (non-hydrogen) atoms. The Morgan fingerprint density at radius 2 is 1.91 bits per heavy atom. The van der Waals surface area contributed by atoms with Crippen molar-refractivity contribution in [3.63, 3.8) is 0 Å². The molecular weight excluding hydrogens is 431 g/mol. The fourth-order valence-corrected chi connectivity index (χ4v) is 4.72. The first-order chi connectivity index (χ1) is 15.1. The lowest BCUT2D eigenvalue weighted by Crippen LogP contribution is -2.45. The maximum atomic E-state index is 15.1. The molecule has 1 aliphatic carbocycles. The van der Waals surface area contributed by atoms with Gasteiger partial charge in [0, 0.05) is 22.7 Å². The summed E-state index contributed by atoms with van der Waals surface area (Å²) in [6, 6.07) is 9.84. The Labute approximate surface area is 185 Å². The van der Waals surface area contributed by atoms with Gasteiger partial charge in [0.05, 0.1) is 11.1 Å². The molecule has 1 aliphatic rings. The second-order valence-electron chi connectivity index (χ2n) is 8.75. The molecule has 5 rings (SSSR count). The lowest BCUT2D eigenvalue weighted by molar-refractivity contribution is -0.120. The van der Waals surface area contributed by atoms with E-state index in [9.17, 15) is 14.4 Å². The van der Waals surface area contributed by atoms with Gasteiger partial charge in [0.1, 0.15) is 16.0 Å². The van der Waals surface area contributed by atoms with Gasteiger partial charge in [0.15, 0.2) is 0 Å². The Hall–Kier alpha value is -3.30. The third-order valence-corrected chi connectivity index (χ3v) is 6.55. The standard InChI is InChI=1S/C23H21FN4O3S/c1-23(2,25)22(31)26-12-5-3-11(4-6-12)14-10-17-15(9-16(14)24)19(29)18-20(30)27-32-21(18)28(17)13-7-8-13/h3-6,9-10,13H,7-8,25H2,1-2H3,(H,26,31)(H,27,30).